The molecule has 0 saturated carbocycles. The van der Waals surface area contributed by atoms with Gasteiger partial charge in [-0.3, -0.25) is 0 Å². The van der Waals surface area contributed by atoms with Gasteiger partial charge in [-0.15, -0.1) is 0 Å². The van der Waals surface area contributed by atoms with Crippen LogP contribution in [0, 0.1) is 0 Å². The van der Waals surface area contributed by atoms with Crippen LogP contribution in [0.2, 0.25) is 0 Å². The zero-order valence-corrected chi connectivity index (χ0v) is 24.0. The summed E-state index contributed by atoms with van der Waals surface area (Å²) in [5.74, 6) is 3.47. The predicted octanol–water partition coefficient (Wildman–Crippen LogP) is 10.3. The van der Waals surface area contributed by atoms with Crippen LogP contribution >= 0.6 is 0 Å². The van der Waals surface area contributed by atoms with Gasteiger partial charge in [-0.1, -0.05) is 91.0 Å². The lowest BCUT2D eigenvalue weighted by Crippen LogP contribution is -2.15. The lowest BCUT2D eigenvalue weighted by Gasteiger charge is -2.32. The third-order valence-corrected chi connectivity index (χ3v) is 8.10. The molecule has 3 heterocycles. The summed E-state index contributed by atoms with van der Waals surface area (Å²) < 4.78 is 12.7. The van der Waals surface area contributed by atoms with Gasteiger partial charge in [0, 0.05) is 33.5 Å². The van der Waals surface area contributed by atoms with E-state index < -0.39 is 0 Å². The van der Waals surface area contributed by atoms with Crippen LogP contribution in [0.25, 0.3) is 56.1 Å². The summed E-state index contributed by atoms with van der Waals surface area (Å²) in [5, 5.41) is 2.07. The van der Waals surface area contributed by atoms with Crippen molar-refractivity contribution in [3.63, 3.8) is 0 Å². The number of fused-ring (bicyclic) bond motifs is 5. The van der Waals surface area contributed by atoms with Crippen LogP contribution in [0.4, 0.5) is 17.1 Å². The lowest BCUT2D eigenvalue weighted by atomic mass is 10.1. The zero-order chi connectivity index (χ0) is 29.7. The molecule has 0 bridgehead atoms. The fourth-order valence-electron chi connectivity index (χ4n) is 5.96. The van der Waals surface area contributed by atoms with E-state index in [2.05, 4.69) is 47.4 Å². The molecule has 1 aliphatic rings. The van der Waals surface area contributed by atoms with Crippen LogP contribution in [0.1, 0.15) is 0 Å². The van der Waals surface area contributed by atoms with Gasteiger partial charge in [-0.25, -0.2) is 15.0 Å². The van der Waals surface area contributed by atoms with Gasteiger partial charge in [0.25, 0.3) is 0 Å². The van der Waals surface area contributed by atoms with Crippen LogP contribution in [-0.4, -0.2) is 15.0 Å². The molecule has 8 aromatic rings. The second-order valence-electron chi connectivity index (χ2n) is 10.9. The average molecular weight is 581 g/mol. The molecule has 6 aromatic carbocycles. The van der Waals surface area contributed by atoms with Crippen molar-refractivity contribution < 1.29 is 9.15 Å². The quantitative estimate of drug-likeness (QED) is 0.206. The van der Waals surface area contributed by atoms with Gasteiger partial charge in [0.05, 0.1) is 17.1 Å². The number of aromatic nitrogens is 3. The van der Waals surface area contributed by atoms with Crippen molar-refractivity contribution in [1.82, 2.24) is 15.0 Å². The standard InChI is InChI=1S/C39H24N4O2/c1-3-11-25(12-4-1)37-40-38(26-13-5-2-6-14-26)42-39(41-37)27-19-21-29-30-22-20-28(24-36(30)45-35(29)23-27)43-31-15-7-9-17-33(31)44-34-18-10-8-16-32(34)43/h1-24H. The number of hydrogen-bond donors (Lipinski definition) is 0. The summed E-state index contributed by atoms with van der Waals surface area (Å²) in [6.07, 6.45) is 0. The van der Waals surface area contributed by atoms with Crippen molar-refractivity contribution in [2.75, 3.05) is 4.90 Å². The van der Waals surface area contributed by atoms with E-state index in [4.69, 9.17) is 24.1 Å². The van der Waals surface area contributed by atoms with Crippen molar-refractivity contribution in [2.24, 2.45) is 0 Å². The predicted molar refractivity (Wildman–Crippen MR) is 178 cm³/mol. The smallest absolute Gasteiger partial charge is 0.164 e. The second kappa shape index (κ2) is 10.2. The van der Waals surface area contributed by atoms with Crippen LogP contribution in [0.5, 0.6) is 11.5 Å². The lowest BCUT2D eigenvalue weighted by molar-refractivity contribution is 0.477. The Bertz CT molecular complexity index is 2260. The fraction of sp³-hybridized carbons (Fsp3) is 0. The number of rotatable bonds is 4. The number of nitrogens with zero attached hydrogens (tertiary/aromatic N) is 4. The van der Waals surface area contributed by atoms with E-state index in [-0.39, 0.29) is 0 Å². The molecule has 0 atom stereocenters. The van der Waals surface area contributed by atoms with Crippen molar-refractivity contribution in [3.8, 4) is 45.7 Å². The summed E-state index contributed by atoms with van der Waals surface area (Å²) in [6, 6.07) is 48.7. The van der Waals surface area contributed by atoms with Gasteiger partial charge in [-0.2, -0.15) is 0 Å². The Labute approximate surface area is 258 Å². The summed E-state index contributed by atoms with van der Waals surface area (Å²) in [7, 11) is 0. The largest absolute Gasteiger partial charge is 0.456 e. The van der Waals surface area contributed by atoms with E-state index in [1.807, 2.05) is 103 Å². The highest BCUT2D eigenvalue weighted by molar-refractivity contribution is 6.07. The number of ether oxygens (including phenoxy) is 1. The van der Waals surface area contributed by atoms with E-state index in [0.29, 0.717) is 17.5 Å². The molecule has 6 nitrogen and oxygen atoms in total. The van der Waals surface area contributed by atoms with Crippen molar-refractivity contribution in [1.29, 1.82) is 0 Å². The first-order valence-electron chi connectivity index (χ1n) is 14.8. The van der Waals surface area contributed by atoms with Crippen LogP contribution < -0.4 is 9.64 Å². The summed E-state index contributed by atoms with van der Waals surface area (Å²) in [4.78, 5) is 16.8. The maximum absolute atomic E-state index is 6.52. The van der Waals surface area contributed by atoms with Gasteiger partial charge in [0.1, 0.15) is 11.2 Å². The van der Waals surface area contributed by atoms with E-state index >= 15 is 0 Å². The molecule has 0 amide bonds. The minimum Gasteiger partial charge on any atom is -0.456 e. The molecule has 6 heteroatoms. The molecule has 212 valence electrons. The zero-order valence-electron chi connectivity index (χ0n) is 24.0. The first-order valence-corrected chi connectivity index (χ1v) is 14.8. The molecule has 9 rings (SSSR count). The highest BCUT2D eigenvalue weighted by Gasteiger charge is 2.26. The Kier molecular flexibility index (Phi) is 5.71. The molecule has 1 aliphatic heterocycles. The molecule has 45 heavy (non-hydrogen) atoms. The SMILES string of the molecule is c1ccc(-c2nc(-c3ccccc3)nc(-c3ccc4c(c3)oc3cc(N5c6ccccc6Oc6ccccc65)ccc34)n2)cc1. The fourth-order valence-corrected chi connectivity index (χ4v) is 5.96. The summed E-state index contributed by atoms with van der Waals surface area (Å²) >= 11 is 0. The van der Waals surface area contributed by atoms with Crippen molar-refractivity contribution in [2.45, 2.75) is 0 Å². The first kappa shape index (κ1) is 25.2. The molecular weight excluding hydrogens is 556 g/mol. The molecular formula is C39H24N4O2. The first-order chi connectivity index (χ1) is 22.3. The molecule has 0 N–H and O–H groups in total. The molecule has 0 fully saturated rings. The topological polar surface area (TPSA) is 64.3 Å². The van der Waals surface area contributed by atoms with Gasteiger partial charge in [0.2, 0.25) is 0 Å². The summed E-state index contributed by atoms with van der Waals surface area (Å²) in [5.41, 5.74) is 7.23. The van der Waals surface area contributed by atoms with Gasteiger partial charge in [-0.05, 0) is 48.5 Å². The monoisotopic (exact) mass is 580 g/mol. The van der Waals surface area contributed by atoms with E-state index in [0.717, 1.165) is 67.2 Å². The maximum Gasteiger partial charge on any atom is 0.164 e. The van der Waals surface area contributed by atoms with E-state index in [9.17, 15) is 0 Å². The Morgan fingerprint density at radius 1 is 0.422 bits per heavy atom. The Morgan fingerprint density at radius 2 is 0.911 bits per heavy atom. The number of anilines is 3. The molecule has 0 unspecified atom stereocenters. The maximum atomic E-state index is 6.52. The Morgan fingerprint density at radius 3 is 1.51 bits per heavy atom. The van der Waals surface area contributed by atoms with Gasteiger partial charge in [0.15, 0.2) is 29.0 Å². The Balaban J connectivity index is 1.17. The molecule has 0 spiro atoms. The van der Waals surface area contributed by atoms with Gasteiger partial charge >= 0.3 is 0 Å². The third-order valence-electron chi connectivity index (χ3n) is 8.10. The highest BCUT2D eigenvalue weighted by atomic mass is 16.5. The molecule has 0 aliphatic carbocycles. The number of para-hydroxylation sites is 4. The molecule has 0 radical (unpaired) electrons. The van der Waals surface area contributed by atoms with Crippen LogP contribution in [0.3, 0.4) is 0 Å². The Hall–Kier alpha value is -6.27. The minimum absolute atomic E-state index is 0.590. The molecule has 0 saturated heterocycles. The van der Waals surface area contributed by atoms with Crippen LogP contribution in [-0.2, 0) is 0 Å². The van der Waals surface area contributed by atoms with E-state index in [1.165, 1.54) is 0 Å². The molecule has 2 aromatic heterocycles. The van der Waals surface area contributed by atoms with Crippen molar-refractivity contribution in [3.05, 3.63) is 146 Å². The average Bonchev–Trinajstić information content (AvgIpc) is 3.48. The number of benzene rings is 6. The minimum atomic E-state index is 0.590. The summed E-state index contributed by atoms with van der Waals surface area (Å²) in [6.45, 7) is 0. The number of furan rings is 1. The highest BCUT2D eigenvalue weighted by Crippen LogP contribution is 2.50. The van der Waals surface area contributed by atoms with Crippen LogP contribution in [0.15, 0.2) is 150 Å². The van der Waals surface area contributed by atoms with E-state index in [1.54, 1.807) is 0 Å². The normalized spacial score (nSPS) is 12.1. The third kappa shape index (κ3) is 4.31. The van der Waals surface area contributed by atoms with Gasteiger partial charge < -0.3 is 14.1 Å². The second-order valence-corrected chi connectivity index (χ2v) is 10.9. The number of hydrogen-bond acceptors (Lipinski definition) is 6. The van der Waals surface area contributed by atoms with Crippen molar-refractivity contribution >= 4 is 39.0 Å².